The maximum Gasteiger partial charge on any atom is 0.282 e. The normalized spacial score (nSPS) is 12.6. The van der Waals surface area contributed by atoms with E-state index in [1.807, 2.05) is 0 Å². The molecular formula is C20H23N5O5S. The van der Waals surface area contributed by atoms with Gasteiger partial charge in [-0.2, -0.15) is 5.10 Å². The topological polar surface area (TPSA) is 128 Å². The molecule has 2 heterocycles. The van der Waals surface area contributed by atoms with Crippen LogP contribution in [0.4, 0.5) is 0 Å². The molecule has 0 saturated heterocycles. The Morgan fingerprint density at radius 1 is 1.16 bits per heavy atom. The second kappa shape index (κ2) is 9.47. The van der Waals surface area contributed by atoms with Crippen LogP contribution in [0.1, 0.15) is 23.0 Å². The Balaban J connectivity index is 1.89. The summed E-state index contributed by atoms with van der Waals surface area (Å²) in [7, 11) is -0.995. The highest BCUT2D eigenvalue weighted by atomic mass is 32.2. The molecular weight excluding hydrogens is 422 g/mol. The van der Waals surface area contributed by atoms with Crippen LogP contribution in [0, 0.1) is 4.78 Å². The second-order valence-corrected chi connectivity index (χ2v) is 8.00. The third kappa shape index (κ3) is 4.94. The SMILES string of the molecule is CCOc1cccc(OC)c1[S@@](=N)(=O)NC(=O)c1ccc(Cn2cccn2)c(OC)n1. The molecule has 0 aliphatic carbocycles. The van der Waals surface area contributed by atoms with Crippen molar-refractivity contribution in [2.45, 2.75) is 18.4 Å². The van der Waals surface area contributed by atoms with Crippen molar-refractivity contribution >= 4 is 15.8 Å². The molecule has 0 aliphatic rings. The summed E-state index contributed by atoms with van der Waals surface area (Å²) in [4.78, 5) is 16.9. The molecule has 1 atom stereocenters. The number of amides is 1. The van der Waals surface area contributed by atoms with E-state index in [0.717, 1.165) is 0 Å². The summed E-state index contributed by atoms with van der Waals surface area (Å²) < 4.78 is 41.5. The van der Waals surface area contributed by atoms with Crippen LogP contribution in [0.5, 0.6) is 17.4 Å². The smallest absolute Gasteiger partial charge is 0.282 e. The van der Waals surface area contributed by atoms with E-state index in [0.29, 0.717) is 18.7 Å². The van der Waals surface area contributed by atoms with Gasteiger partial charge in [-0.1, -0.05) is 6.07 Å². The number of carbonyl (C=O) groups is 1. The van der Waals surface area contributed by atoms with Gasteiger partial charge in [-0.3, -0.25) is 14.2 Å². The number of ether oxygens (including phenoxy) is 3. The highest BCUT2D eigenvalue weighted by Crippen LogP contribution is 2.33. The Hall–Kier alpha value is -3.60. The van der Waals surface area contributed by atoms with E-state index in [-0.39, 0.29) is 28.0 Å². The predicted molar refractivity (Wildman–Crippen MR) is 113 cm³/mol. The molecule has 0 unspecified atom stereocenters. The lowest BCUT2D eigenvalue weighted by atomic mass is 10.2. The van der Waals surface area contributed by atoms with Gasteiger partial charge in [0.15, 0.2) is 14.8 Å². The van der Waals surface area contributed by atoms with Gasteiger partial charge in [0, 0.05) is 18.0 Å². The molecule has 3 rings (SSSR count). The molecule has 10 nitrogen and oxygen atoms in total. The Labute approximate surface area is 180 Å². The van der Waals surface area contributed by atoms with Crippen molar-refractivity contribution in [2.24, 2.45) is 0 Å². The average Bonchev–Trinajstić information content (AvgIpc) is 3.26. The lowest BCUT2D eigenvalue weighted by Gasteiger charge is -2.17. The van der Waals surface area contributed by atoms with E-state index in [1.54, 1.807) is 54.3 Å². The van der Waals surface area contributed by atoms with Crippen molar-refractivity contribution in [1.29, 1.82) is 4.78 Å². The van der Waals surface area contributed by atoms with Crippen molar-refractivity contribution in [1.82, 2.24) is 19.5 Å². The lowest BCUT2D eigenvalue weighted by molar-refractivity contribution is 0.0976. The van der Waals surface area contributed by atoms with Crippen LogP contribution in [-0.2, 0) is 16.5 Å². The number of hydrogen-bond acceptors (Lipinski definition) is 8. The molecule has 0 radical (unpaired) electrons. The fourth-order valence-corrected chi connectivity index (χ4v) is 4.22. The molecule has 0 saturated carbocycles. The molecule has 164 valence electrons. The maximum atomic E-state index is 13.2. The first kappa shape index (κ1) is 22.1. The molecule has 1 amide bonds. The molecule has 11 heteroatoms. The summed E-state index contributed by atoms with van der Waals surface area (Å²) >= 11 is 0. The first-order valence-corrected chi connectivity index (χ1v) is 10.9. The zero-order valence-electron chi connectivity index (χ0n) is 17.3. The van der Waals surface area contributed by atoms with Gasteiger partial charge in [0.05, 0.1) is 27.4 Å². The third-order valence-electron chi connectivity index (χ3n) is 4.24. The number of methoxy groups -OCH3 is 2. The van der Waals surface area contributed by atoms with Crippen LogP contribution in [0.3, 0.4) is 0 Å². The maximum absolute atomic E-state index is 13.2. The number of hydrogen-bond donors (Lipinski definition) is 2. The first-order valence-electron chi connectivity index (χ1n) is 9.31. The van der Waals surface area contributed by atoms with E-state index in [4.69, 9.17) is 19.0 Å². The Morgan fingerprint density at radius 3 is 2.58 bits per heavy atom. The standard InChI is InChI=1S/C20H23N5O5S/c1-4-30-17-8-5-7-16(28-2)18(17)31(21,27)24-19(26)15-10-9-14(20(23-15)29-3)13-25-12-6-11-22-25/h5-12H,4,13H2,1-3H3,(H2,21,24,26,27)/t31-/m0/s1. The average molecular weight is 446 g/mol. The number of aromatic nitrogens is 3. The fourth-order valence-electron chi connectivity index (χ4n) is 2.90. The van der Waals surface area contributed by atoms with Gasteiger partial charge in [0.2, 0.25) is 5.88 Å². The predicted octanol–water partition coefficient (Wildman–Crippen LogP) is 2.49. The zero-order chi connectivity index (χ0) is 22.4. The Kier molecular flexibility index (Phi) is 6.75. The van der Waals surface area contributed by atoms with Gasteiger partial charge in [-0.05, 0) is 37.3 Å². The van der Waals surface area contributed by atoms with Crippen molar-refractivity contribution in [3.05, 3.63) is 60.0 Å². The summed E-state index contributed by atoms with van der Waals surface area (Å²) in [6.45, 7) is 2.45. The van der Waals surface area contributed by atoms with E-state index in [2.05, 4.69) is 14.8 Å². The lowest BCUT2D eigenvalue weighted by Crippen LogP contribution is -2.31. The summed E-state index contributed by atoms with van der Waals surface area (Å²) in [5, 5.41) is 4.13. The van der Waals surface area contributed by atoms with Crippen LogP contribution in [0.2, 0.25) is 0 Å². The minimum Gasteiger partial charge on any atom is -0.495 e. The van der Waals surface area contributed by atoms with E-state index >= 15 is 0 Å². The van der Waals surface area contributed by atoms with Crippen LogP contribution in [-0.4, -0.2) is 45.7 Å². The minimum absolute atomic E-state index is 0.0463. The van der Waals surface area contributed by atoms with Gasteiger partial charge in [0.1, 0.15) is 17.2 Å². The van der Waals surface area contributed by atoms with Crippen molar-refractivity contribution < 1.29 is 23.2 Å². The summed E-state index contributed by atoms with van der Waals surface area (Å²) in [5.74, 6) is -0.196. The van der Waals surface area contributed by atoms with Crippen molar-refractivity contribution in [3.8, 4) is 17.4 Å². The molecule has 0 bridgehead atoms. The Bertz CT molecular complexity index is 1160. The van der Waals surface area contributed by atoms with Gasteiger partial charge >= 0.3 is 0 Å². The number of rotatable bonds is 9. The molecule has 2 N–H and O–H groups in total. The molecule has 0 spiro atoms. The van der Waals surface area contributed by atoms with Gasteiger partial charge < -0.3 is 14.2 Å². The third-order valence-corrected chi connectivity index (χ3v) is 5.69. The van der Waals surface area contributed by atoms with E-state index < -0.39 is 15.8 Å². The van der Waals surface area contributed by atoms with Crippen molar-refractivity contribution in [2.75, 3.05) is 20.8 Å². The summed E-state index contributed by atoms with van der Waals surface area (Å²) in [6, 6.07) is 9.69. The number of benzene rings is 1. The number of pyridine rings is 1. The summed E-state index contributed by atoms with van der Waals surface area (Å²) in [6.07, 6.45) is 3.44. The molecule has 31 heavy (non-hydrogen) atoms. The van der Waals surface area contributed by atoms with Gasteiger partial charge in [0.25, 0.3) is 5.91 Å². The first-order chi connectivity index (χ1) is 14.9. The summed E-state index contributed by atoms with van der Waals surface area (Å²) in [5.41, 5.74) is 0.659. The minimum atomic E-state index is -3.82. The van der Waals surface area contributed by atoms with Crippen LogP contribution >= 0.6 is 0 Å². The largest absolute Gasteiger partial charge is 0.495 e. The van der Waals surface area contributed by atoms with Crippen LogP contribution < -0.4 is 18.9 Å². The van der Waals surface area contributed by atoms with Crippen LogP contribution in [0.15, 0.2) is 53.7 Å². The quantitative estimate of drug-likeness (QED) is 0.518. The highest BCUT2D eigenvalue weighted by Gasteiger charge is 2.25. The van der Waals surface area contributed by atoms with E-state index in [9.17, 15) is 9.00 Å². The molecule has 0 aliphatic heterocycles. The van der Waals surface area contributed by atoms with Crippen molar-refractivity contribution in [3.63, 3.8) is 0 Å². The molecule has 1 aromatic carbocycles. The zero-order valence-corrected chi connectivity index (χ0v) is 18.1. The number of nitrogens with one attached hydrogen (secondary N) is 2. The molecule has 2 aromatic heterocycles. The van der Waals surface area contributed by atoms with E-state index in [1.165, 1.54) is 20.3 Å². The second-order valence-electron chi connectivity index (χ2n) is 6.28. The van der Waals surface area contributed by atoms with Gasteiger partial charge in [-0.25, -0.2) is 14.0 Å². The number of nitrogens with zero attached hydrogens (tertiary/aromatic N) is 3. The van der Waals surface area contributed by atoms with Gasteiger partial charge in [-0.15, -0.1) is 0 Å². The number of carbonyl (C=O) groups excluding carboxylic acids is 1. The highest BCUT2D eigenvalue weighted by molar-refractivity contribution is 7.91. The fraction of sp³-hybridized carbons (Fsp3) is 0.250. The van der Waals surface area contributed by atoms with Crippen LogP contribution in [0.25, 0.3) is 0 Å². The molecule has 0 fully saturated rings. The monoisotopic (exact) mass is 445 g/mol. The Morgan fingerprint density at radius 2 is 1.94 bits per heavy atom. The molecule has 3 aromatic rings.